The first-order chi connectivity index (χ1) is 12.1. The van der Waals surface area contributed by atoms with Crippen LogP contribution in [0.15, 0.2) is 53.4 Å². The van der Waals surface area contributed by atoms with Crippen LogP contribution in [-0.2, 0) is 0 Å². The summed E-state index contributed by atoms with van der Waals surface area (Å²) in [7, 11) is 1.53. The van der Waals surface area contributed by atoms with Gasteiger partial charge < -0.3 is 4.90 Å². The van der Waals surface area contributed by atoms with Crippen LogP contribution in [0.25, 0.3) is 0 Å². The summed E-state index contributed by atoms with van der Waals surface area (Å²) in [5.74, 6) is -0.396. The summed E-state index contributed by atoms with van der Waals surface area (Å²) in [5.41, 5.74) is -3.65. The summed E-state index contributed by atoms with van der Waals surface area (Å²) < 4.78 is 37.1. The van der Waals surface area contributed by atoms with Gasteiger partial charge in [-0.05, 0) is 48.5 Å². The van der Waals surface area contributed by atoms with E-state index in [1.807, 2.05) is 0 Å². The summed E-state index contributed by atoms with van der Waals surface area (Å²) in [6, 6.07) is 10.6. The normalized spacial score (nSPS) is 12.5. The van der Waals surface area contributed by atoms with Gasteiger partial charge in [0.05, 0.1) is 11.0 Å². The third-order valence-corrected chi connectivity index (χ3v) is 4.54. The highest BCUT2D eigenvalue weighted by atomic mass is 32.2. The highest BCUT2D eigenvalue weighted by Gasteiger charge is 2.29. The van der Waals surface area contributed by atoms with Crippen LogP contribution >= 0.6 is 11.8 Å². The van der Waals surface area contributed by atoms with Crippen molar-refractivity contribution in [1.82, 2.24) is 4.90 Å². The molecule has 1 amide bonds. The average Bonchev–Trinajstić information content (AvgIpc) is 2.59. The quantitative estimate of drug-likeness (QED) is 0.412. The van der Waals surface area contributed by atoms with Crippen LogP contribution in [0, 0.1) is 10.1 Å². The maximum atomic E-state index is 12.5. The molecule has 1 atom stereocenters. The van der Waals surface area contributed by atoms with Crippen LogP contribution in [0.1, 0.15) is 28.9 Å². The Hall–Kier alpha value is -2.55. The Morgan fingerprint density at radius 3 is 2.35 bits per heavy atom. The van der Waals surface area contributed by atoms with Crippen molar-refractivity contribution in [3.8, 4) is 0 Å². The Kier molecular flexibility index (Phi) is 5.91. The summed E-state index contributed by atoms with van der Waals surface area (Å²) in [5, 5.41) is 10.9. The van der Waals surface area contributed by atoms with E-state index in [2.05, 4.69) is 0 Å². The number of alkyl halides is 3. The van der Waals surface area contributed by atoms with E-state index >= 15 is 0 Å². The van der Waals surface area contributed by atoms with Gasteiger partial charge in [-0.15, -0.1) is 0 Å². The predicted octanol–water partition coefficient (Wildman–Crippen LogP) is 5.04. The first-order valence-corrected chi connectivity index (χ1v) is 8.27. The number of thioether (sulfide) groups is 1. The second-order valence-electron chi connectivity index (χ2n) is 5.52. The molecule has 0 saturated carbocycles. The van der Waals surface area contributed by atoms with Crippen molar-refractivity contribution in [2.24, 2.45) is 0 Å². The van der Waals surface area contributed by atoms with Crippen LogP contribution < -0.4 is 0 Å². The Morgan fingerprint density at radius 2 is 1.81 bits per heavy atom. The Morgan fingerprint density at radius 1 is 1.19 bits per heavy atom. The van der Waals surface area contributed by atoms with E-state index in [9.17, 15) is 28.1 Å². The van der Waals surface area contributed by atoms with Gasteiger partial charge in [0.25, 0.3) is 11.6 Å². The molecule has 138 valence electrons. The lowest BCUT2D eigenvalue weighted by molar-refractivity contribution is -0.384. The zero-order valence-corrected chi connectivity index (χ0v) is 14.7. The van der Waals surface area contributed by atoms with Crippen LogP contribution in [0.5, 0.6) is 0 Å². The summed E-state index contributed by atoms with van der Waals surface area (Å²) in [4.78, 5) is 24.3. The molecule has 9 heteroatoms. The molecule has 0 N–H and O–H groups in total. The third kappa shape index (κ3) is 4.98. The molecule has 0 aliphatic rings. The summed E-state index contributed by atoms with van der Waals surface area (Å²) in [6.07, 6.45) is 0. The maximum Gasteiger partial charge on any atom is 0.446 e. The van der Waals surface area contributed by atoms with Gasteiger partial charge in [0.1, 0.15) is 0 Å². The molecule has 0 unspecified atom stereocenters. The smallest absolute Gasteiger partial charge is 0.335 e. The minimum atomic E-state index is -4.39. The fourth-order valence-corrected chi connectivity index (χ4v) is 2.84. The molecule has 2 rings (SSSR count). The van der Waals surface area contributed by atoms with Crippen molar-refractivity contribution in [1.29, 1.82) is 0 Å². The number of rotatable bonds is 5. The summed E-state index contributed by atoms with van der Waals surface area (Å²) in [6.45, 7) is 1.71. The van der Waals surface area contributed by atoms with Gasteiger partial charge in [0.2, 0.25) is 0 Å². The lowest BCUT2D eigenvalue weighted by Crippen LogP contribution is -2.29. The van der Waals surface area contributed by atoms with Crippen molar-refractivity contribution < 1.29 is 22.9 Å². The molecule has 0 aromatic heterocycles. The number of hydrogen-bond donors (Lipinski definition) is 0. The third-order valence-electron chi connectivity index (χ3n) is 3.80. The number of carbonyl (C=O) groups excluding carboxylic acids is 1. The number of carbonyl (C=O) groups is 1. The van der Waals surface area contributed by atoms with E-state index in [4.69, 9.17) is 0 Å². The van der Waals surface area contributed by atoms with E-state index in [0.717, 1.165) is 0 Å². The molecular formula is C17H15F3N2O3S. The van der Waals surface area contributed by atoms with Gasteiger partial charge in [-0.3, -0.25) is 14.9 Å². The predicted molar refractivity (Wildman–Crippen MR) is 92.0 cm³/mol. The lowest BCUT2D eigenvalue weighted by atomic mass is 10.1. The van der Waals surface area contributed by atoms with Crippen LogP contribution in [0.2, 0.25) is 0 Å². The lowest BCUT2D eigenvalue weighted by Gasteiger charge is -2.25. The molecule has 0 heterocycles. The molecular weight excluding hydrogens is 369 g/mol. The van der Waals surface area contributed by atoms with Gasteiger partial charge in [-0.2, -0.15) is 13.2 Å². The SMILES string of the molecule is C[C@H](c1cccc([N+](=O)[O-])c1)N(C)C(=O)c1ccc(SC(F)(F)F)cc1. The molecule has 0 aliphatic carbocycles. The minimum absolute atomic E-state index is 0.0107. The van der Waals surface area contributed by atoms with E-state index in [1.165, 1.54) is 54.4 Å². The van der Waals surface area contributed by atoms with Crippen molar-refractivity contribution >= 4 is 23.4 Å². The molecule has 0 spiro atoms. The maximum absolute atomic E-state index is 12.5. The number of hydrogen-bond acceptors (Lipinski definition) is 4. The Balaban J connectivity index is 2.15. The van der Waals surface area contributed by atoms with Crippen LogP contribution in [-0.4, -0.2) is 28.3 Å². The van der Waals surface area contributed by atoms with Gasteiger partial charge in [-0.1, -0.05) is 12.1 Å². The molecule has 0 fully saturated rings. The minimum Gasteiger partial charge on any atom is -0.335 e. The average molecular weight is 384 g/mol. The first-order valence-electron chi connectivity index (χ1n) is 7.46. The number of halogens is 3. The molecule has 2 aromatic rings. The Bertz CT molecular complexity index is 810. The van der Waals surface area contributed by atoms with Gasteiger partial charge in [0, 0.05) is 29.6 Å². The first kappa shape index (κ1) is 19.8. The number of non-ortho nitro benzene ring substituents is 1. The molecule has 0 bridgehead atoms. The number of benzene rings is 2. The monoisotopic (exact) mass is 384 g/mol. The topological polar surface area (TPSA) is 63.5 Å². The number of nitro benzene ring substituents is 1. The molecule has 0 saturated heterocycles. The molecule has 0 aliphatic heterocycles. The largest absolute Gasteiger partial charge is 0.446 e. The fourth-order valence-electron chi connectivity index (χ4n) is 2.30. The van der Waals surface area contributed by atoms with Crippen LogP contribution in [0.4, 0.5) is 18.9 Å². The second-order valence-corrected chi connectivity index (χ2v) is 6.65. The number of nitro groups is 1. The van der Waals surface area contributed by atoms with Crippen molar-refractivity contribution in [2.45, 2.75) is 23.4 Å². The molecule has 5 nitrogen and oxygen atoms in total. The van der Waals surface area contributed by atoms with Crippen molar-refractivity contribution in [3.63, 3.8) is 0 Å². The van der Waals surface area contributed by atoms with Gasteiger partial charge in [0.15, 0.2) is 0 Å². The molecule has 26 heavy (non-hydrogen) atoms. The van der Waals surface area contributed by atoms with E-state index in [-0.39, 0.29) is 27.9 Å². The van der Waals surface area contributed by atoms with Gasteiger partial charge >= 0.3 is 5.51 Å². The van der Waals surface area contributed by atoms with Crippen molar-refractivity contribution in [3.05, 3.63) is 69.8 Å². The number of nitrogens with zero attached hydrogens (tertiary/aromatic N) is 2. The zero-order valence-electron chi connectivity index (χ0n) is 13.9. The standard InChI is InChI=1S/C17H15F3N2O3S/c1-11(13-4-3-5-14(10-13)22(24)25)21(2)16(23)12-6-8-15(9-7-12)26-17(18,19)20/h3-11H,1-2H3/t11-/m1/s1. The molecule has 0 radical (unpaired) electrons. The summed E-state index contributed by atoms with van der Waals surface area (Å²) >= 11 is -0.252. The van der Waals surface area contributed by atoms with E-state index in [0.29, 0.717) is 5.56 Å². The highest BCUT2D eigenvalue weighted by Crippen LogP contribution is 2.36. The van der Waals surface area contributed by atoms with Crippen LogP contribution in [0.3, 0.4) is 0 Å². The van der Waals surface area contributed by atoms with E-state index in [1.54, 1.807) is 13.0 Å². The fraction of sp³-hybridized carbons (Fsp3) is 0.235. The van der Waals surface area contributed by atoms with Gasteiger partial charge in [-0.25, -0.2) is 0 Å². The van der Waals surface area contributed by atoms with E-state index < -0.39 is 22.4 Å². The highest BCUT2D eigenvalue weighted by molar-refractivity contribution is 8.00. The number of amides is 1. The second kappa shape index (κ2) is 7.77. The zero-order chi connectivity index (χ0) is 19.5. The molecule has 2 aromatic carbocycles. The Labute approximate surface area is 152 Å². The van der Waals surface area contributed by atoms with Crippen molar-refractivity contribution in [2.75, 3.05) is 7.05 Å².